The van der Waals surface area contributed by atoms with Gasteiger partial charge in [-0.25, -0.2) is 4.39 Å². The van der Waals surface area contributed by atoms with Gasteiger partial charge in [-0.1, -0.05) is 17.7 Å². The predicted octanol–water partition coefficient (Wildman–Crippen LogP) is 5.01. The molecule has 2 N–H and O–H groups in total. The van der Waals surface area contributed by atoms with Gasteiger partial charge in [0.2, 0.25) is 0 Å². The summed E-state index contributed by atoms with van der Waals surface area (Å²) in [6, 6.07) is 8.32. The Kier molecular flexibility index (Phi) is 4.22. The van der Waals surface area contributed by atoms with Gasteiger partial charge in [0, 0.05) is 22.2 Å². The number of nitrogens with zero attached hydrogens (tertiary/aromatic N) is 1. The number of fused-ring (bicyclic) bond motifs is 1. The van der Waals surface area contributed by atoms with Gasteiger partial charge in [0.15, 0.2) is 5.78 Å². The number of benzene rings is 2. The molecule has 0 atom stereocenters. The van der Waals surface area contributed by atoms with Gasteiger partial charge in [-0.05, 0) is 49.2 Å². The summed E-state index contributed by atoms with van der Waals surface area (Å²) in [5, 5.41) is 10.3. The first-order chi connectivity index (χ1) is 11.4. The topological polar surface area (TPSA) is 62.2 Å². The maximum atomic E-state index is 14.0. The molecule has 0 spiro atoms. The van der Waals surface area contributed by atoms with Gasteiger partial charge < -0.3 is 0 Å². The van der Waals surface area contributed by atoms with Crippen molar-refractivity contribution >= 4 is 34.0 Å². The number of nitrogens with one attached hydrogen (secondary N) is 1. The lowest BCUT2D eigenvalue weighted by atomic mass is 9.99. The molecule has 0 unspecified atom stereocenters. The largest absolute Gasteiger partial charge is 0.294 e. The van der Waals surface area contributed by atoms with Gasteiger partial charge in [0.05, 0.1) is 16.8 Å². The van der Waals surface area contributed by atoms with Crippen molar-refractivity contribution in [2.24, 2.45) is 0 Å². The number of hydrogen-bond donors (Lipinski definition) is 2. The summed E-state index contributed by atoms with van der Waals surface area (Å²) in [5.41, 5.74) is 4.89. The molecule has 0 bridgehead atoms. The zero-order valence-electron chi connectivity index (χ0n) is 13.0. The summed E-state index contributed by atoms with van der Waals surface area (Å²) in [7, 11) is 0. The predicted molar refractivity (Wildman–Crippen MR) is 92.3 cm³/mol. The Balaban J connectivity index is 2.26. The number of halogens is 2. The molecular formula is C18H14ClFN2O2. The zero-order valence-corrected chi connectivity index (χ0v) is 13.8. The van der Waals surface area contributed by atoms with Crippen LogP contribution in [0.5, 0.6) is 0 Å². The number of pyridine rings is 1. The molecule has 4 nitrogen and oxygen atoms in total. The van der Waals surface area contributed by atoms with Crippen molar-refractivity contribution in [2.45, 2.75) is 13.8 Å². The van der Waals surface area contributed by atoms with Gasteiger partial charge in [-0.3, -0.25) is 20.5 Å². The van der Waals surface area contributed by atoms with E-state index < -0.39 is 5.82 Å². The van der Waals surface area contributed by atoms with Crippen molar-refractivity contribution in [1.82, 2.24) is 4.98 Å². The Morgan fingerprint density at radius 1 is 1.25 bits per heavy atom. The molecule has 1 aromatic heterocycles. The number of rotatable bonds is 3. The molecular weight excluding hydrogens is 331 g/mol. The van der Waals surface area contributed by atoms with Crippen molar-refractivity contribution in [2.75, 3.05) is 5.48 Å². The fraction of sp³-hybridized carbons (Fsp3) is 0.111. The summed E-state index contributed by atoms with van der Waals surface area (Å²) < 4.78 is 14.0. The van der Waals surface area contributed by atoms with Crippen LogP contribution in [0, 0.1) is 12.7 Å². The van der Waals surface area contributed by atoms with Crippen LogP contribution in [0.3, 0.4) is 0 Å². The number of hydrogen-bond acceptors (Lipinski definition) is 4. The van der Waals surface area contributed by atoms with Gasteiger partial charge in [0.25, 0.3) is 0 Å². The van der Waals surface area contributed by atoms with E-state index in [0.717, 1.165) is 0 Å². The highest BCUT2D eigenvalue weighted by atomic mass is 35.5. The van der Waals surface area contributed by atoms with Crippen LogP contribution in [0.15, 0.2) is 36.5 Å². The molecule has 3 rings (SSSR count). The monoisotopic (exact) mass is 344 g/mol. The molecule has 0 aliphatic rings. The van der Waals surface area contributed by atoms with Crippen LogP contribution >= 0.6 is 11.6 Å². The third-order valence-electron chi connectivity index (χ3n) is 3.97. The van der Waals surface area contributed by atoms with Crippen molar-refractivity contribution < 1.29 is 14.4 Å². The molecule has 0 aliphatic carbocycles. The van der Waals surface area contributed by atoms with Crippen molar-refractivity contribution in [3.05, 3.63) is 58.5 Å². The van der Waals surface area contributed by atoms with E-state index in [9.17, 15) is 14.4 Å². The quantitative estimate of drug-likeness (QED) is 0.518. The molecule has 0 radical (unpaired) electrons. The van der Waals surface area contributed by atoms with E-state index in [2.05, 4.69) is 10.5 Å². The maximum Gasteiger partial charge on any atom is 0.163 e. The fourth-order valence-electron chi connectivity index (χ4n) is 2.57. The number of ketones is 1. The summed E-state index contributed by atoms with van der Waals surface area (Å²) in [5.74, 6) is -0.621. The number of aromatic nitrogens is 1. The first-order valence-corrected chi connectivity index (χ1v) is 7.60. The van der Waals surface area contributed by atoms with Crippen LogP contribution in [-0.2, 0) is 0 Å². The Morgan fingerprint density at radius 2 is 2.00 bits per heavy atom. The molecule has 122 valence electrons. The van der Waals surface area contributed by atoms with Crippen molar-refractivity contribution in [3.63, 3.8) is 0 Å². The number of carbonyl (C=O) groups excluding carboxylic acids is 1. The molecule has 24 heavy (non-hydrogen) atoms. The Bertz CT molecular complexity index is 950. The fourth-order valence-corrected chi connectivity index (χ4v) is 2.78. The van der Waals surface area contributed by atoms with Gasteiger partial charge in [-0.2, -0.15) is 0 Å². The molecule has 3 aromatic rings. The lowest BCUT2D eigenvalue weighted by molar-refractivity contribution is 0.101. The first kappa shape index (κ1) is 16.4. The summed E-state index contributed by atoms with van der Waals surface area (Å²) in [4.78, 5) is 15.9. The smallest absolute Gasteiger partial charge is 0.163 e. The molecule has 0 saturated heterocycles. The molecule has 0 aliphatic heterocycles. The van der Waals surface area contributed by atoms with Gasteiger partial charge in [-0.15, -0.1) is 0 Å². The minimum atomic E-state index is -0.395. The van der Waals surface area contributed by atoms with Crippen LogP contribution in [0.1, 0.15) is 22.8 Å². The minimum absolute atomic E-state index is 0.226. The second-order valence-corrected chi connectivity index (χ2v) is 5.92. The lowest BCUT2D eigenvalue weighted by Crippen LogP contribution is -2.03. The van der Waals surface area contributed by atoms with E-state index in [1.807, 2.05) is 0 Å². The third-order valence-corrected chi connectivity index (χ3v) is 4.37. The number of carbonyl (C=O) groups is 1. The normalized spacial score (nSPS) is 10.9. The van der Waals surface area contributed by atoms with Crippen LogP contribution in [0.2, 0.25) is 5.02 Å². The molecule has 0 saturated carbocycles. The maximum absolute atomic E-state index is 14.0. The molecule has 2 aromatic carbocycles. The van der Waals surface area contributed by atoms with Crippen molar-refractivity contribution in [1.29, 1.82) is 0 Å². The van der Waals surface area contributed by atoms with E-state index in [1.165, 1.54) is 19.2 Å². The average Bonchev–Trinajstić information content (AvgIpc) is 2.57. The zero-order chi connectivity index (χ0) is 17.4. The van der Waals surface area contributed by atoms with E-state index in [-0.39, 0.29) is 17.0 Å². The summed E-state index contributed by atoms with van der Waals surface area (Å²) in [6.07, 6.45) is 1.41. The van der Waals surface area contributed by atoms with Crippen LogP contribution in [0.4, 0.5) is 10.1 Å². The molecule has 0 amide bonds. The third kappa shape index (κ3) is 2.72. The highest BCUT2D eigenvalue weighted by Crippen LogP contribution is 2.32. The Labute approximate surface area is 142 Å². The minimum Gasteiger partial charge on any atom is -0.294 e. The second-order valence-electron chi connectivity index (χ2n) is 5.51. The van der Waals surface area contributed by atoms with Crippen LogP contribution < -0.4 is 5.48 Å². The number of anilines is 1. The SMILES string of the molecule is CC(=O)c1cnc2ccc(-c3cc(F)c(C)c(Cl)c3)cc2c1NO. The molecule has 6 heteroatoms. The first-order valence-electron chi connectivity index (χ1n) is 7.22. The van der Waals surface area contributed by atoms with E-state index in [4.69, 9.17) is 11.6 Å². The Hall–Kier alpha value is -2.50. The highest BCUT2D eigenvalue weighted by molar-refractivity contribution is 6.31. The Morgan fingerprint density at radius 3 is 2.62 bits per heavy atom. The van der Waals surface area contributed by atoms with E-state index in [0.29, 0.717) is 32.6 Å². The van der Waals surface area contributed by atoms with E-state index >= 15 is 0 Å². The van der Waals surface area contributed by atoms with Gasteiger partial charge >= 0.3 is 0 Å². The van der Waals surface area contributed by atoms with Gasteiger partial charge in [0.1, 0.15) is 5.82 Å². The standard InChI is InChI=1S/C18H14ClFN2O2/c1-9-15(19)6-12(7-16(9)20)11-3-4-17-13(5-11)18(22-24)14(8-21-17)10(2)23/h3-8,24H,1-2H3,(H,21,22). The van der Waals surface area contributed by atoms with Crippen LogP contribution in [-0.4, -0.2) is 16.0 Å². The molecule has 1 heterocycles. The second kappa shape index (κ2) is 6.19. The average molecular weight is 345 g/mol. The number of Topliss-reactive ketones (excluding diaryl/α,β-unsaturated/α-hetero) is 1. The highest BCUT2D eigenvalue weighted by Gasteiger charge is 2.14. The van der Waals surface area contributed by atoms with E-state index in [1.54, 1.807) is 31.2 Å². The molecule has 0 fully saturated rings. The summed E-state index contributed by atoms with van der Waals surface area (Å²) >= 11 is 6.06. The lowest BCUT2D eigenvalue weighted by Gasteiger charge is -2.11. The van der Waals surface area contributed by atoms with Crippen LogP contribution in [0.25, 0.3) is 22.0 Å². The van der Waals surface area contributed by atoms with Crippen molar-refractivity contribution in [3.8, 4) is 11.1 Å². The summed E-state index contributed by atoms with van der Waals surface area (Å²) in [6.45, 7) is 3.00.